The largest absolute Gasteiger partial charge is 0.465 e. The third-order valence-electron chi connectivity index (χ3n) is 4.51. The minimum atomic E-state index is -1.16. The van der Waals surface area contributed by atoms with Crippen LogP contribution in [0.5, 0.6) is 0 Å². The molecule has 27 heavy (non-hydrogen) atoms. The van der Waals surface area contributed by atoms with Crippen LogP contribution in [0.1, 0.15) is 23.7 Å². The predicted octanol–water partition coefficient (Wildman–Crippen LogP) is 3.73. The van der Waals surface area contributed by atoms with Crippen LogP contribution in [0.25, 0.3) is 11.1 Å². The smallest absolute Gasteiger partial charge is 0.405 e. The van der Waals surface area contributed by atoms with E-state index in [0.29, 0.717) is 24.9 Å². The number of halogens is 3. The molecule has 0 saturated carbocycles. The Labute approximate surface area is 158 Å². The van der Waals surface area contributed by atoms with E-state index in [4.69, 9.17) is 16.7 Å². The van der Waals surface area contributed by atoms with Crippen molar-refractivity contribution in [3.63, 3.8) is 0 Å². The Hall–Kier alpha value is -2.74. The molecule has 1 atom stereocenters. The molecule has 0 radical (unpaired) electrons. The van der Waals surface area contributed by atoms with Crippen LogP contribution in [0.4, 0.5) is 19.3 Å². The molecule has 0 spiro atoms. The molecule has 1 aliphatic heterocycles. The molecule has 1 fully saturated rings. The lowest BCUT2D eigenvalue weighted by atomic mass is 10.0. The van der Waals surface area contributed by atoms with Crippen LogP contribution >= 0.6 is 11.6 Å². The molecule has 9 heteroatoms. The first-order valence-electron chi connectivity index (χ1n) is 8.08. The van der Waals surface area contributed by atoms with Crippen LogP contribution in [0.2, 0.25) is 5.15 Å². The summed E-state index contributed by atoms with van der Waals surface area (Å²) in [6.45, 7) is 2.42. The van der Waals surface area contributed by atoms with Crippen molar-refractivity contribution in [1.82, 2.24) is 10.3 Å². The molecule has 2 N–H and O–H groups in total. The fourth-order valence-corrected chi connectivity index (χ4v) is 3.63. The summed E-state index contributed by atoms with van der Waals surface area (Å²) >= 11 is 6.22. The fourth-order valence-electron chi connectivity index (χ4n) is 3.39. The number of rotatable bonds is 4. The Morgan fingerprint density at radius 1 is 1.37 bits per heavy atom. The maximum Gasteiger partial charge on any atom is 0.405 e. The van der Waals surface area contributed by atoms with Crippen molar-refractivity contribution < 1.29 is 23.5 Å². The number of aromatic nitrogens is 1. The minimum Gasteiger partial charge on any atom is -0.465 e. The summed E-state index contributed by atoms with van der Waals surface area (Å²) in [5.74, 6) is -1.58. The van der Waals surface area contributed by atoms with Crippen LogP contribution in [0.15, 0.2) is 24.4 Å². The summed E-state index contributed by atoms with van der Waals surface area (Å²) in [6, 6.07) is 2.95. The maximum absolute atomic E-state index is 13.7. The van der Waals surface area contributed by atoms with Gasteiger partial charge in [0.2, 0.25) is 0 Å². The van der Waals surface area contributed by atoms with Gasteiger partial charge in [-0.25, -0.2) is 18.6 Å². The molecular weight excluding hydrogens is 380 g/mol. The molecule has 0 bridgehead atoms. The predicted molar refractivity (Wildman–Crippen MR) is 96.4 cm³/mol. The van der Waals surface area contributed by atoms with E-state index >= 15 is 0 Å². The van der Waals surface area contributed by atoms with Gasteiger partial charge in [-0.05, 0) is 31.0 Å². The Morgan fingerprint density at radius 3 is 2.63 bits per heavy atom. The van der Waals surface area contributed by atoms with Crippen molar-refractivity contribution in [2.24, 2.45) is 0 Å². The van der Waals surface area contributed by atoms with Gasteiger partial charge in [0.25, 0.3) is 0 Å². The average molecular weight is 396 g/mol. The Balaban J connectivity index is 2.14. The highest BCUT2D eigenvalue weighted by atomic mass is 35.5. The van der Waals surface area contributed by atoms with Gasteiger partial charge in [0.1, 0.15) is 16.8 Å². The minimum absolute atomic E-state index is 0.0135. The fraction of sp³-hybridized carbons (Fsp3) is 0.278. The zero-order valence-corrected chi connectivity index (χ0v) is 15.1. The molecule has 142 valence electrons. The van der Waals surface area contributed by atoms with E-state index in [1.807, 2.05) is 0 Å². The van der Waals surface area contributed by atoms with Gasteiger partial charge in [-0.3, -0.25) is 4.79 Å². The van der Waals surface area contributed by atoms with Crippen molar-refractivity contribution in [1.29, 1.82) is 0 Å². The van der Waals surface area contributed by atoms with Crippen molar-refractivity contribution in [2.45, 2.75) is 18.9 Å². The second-order valence-electron chi connectivity index (χ2n) is 6.67. The summed E-state index contributed by atoms with van der Waals surface area (Å²) in [6.07, 6.45) is 1.19. The Kier molecular flexibility index (Phi) is 5.01. The zero-order chi connectivity index (χ0) is 19.8. The SMILES string of the molecule is C[C@]1(NC(=O)O)CCN(c2c(C=O)cnc(Cl)c2-c2cc(F)cc(F)c2)C1. The molecule has 2 heterocycles. The second kappa shape index (κ2) is 7.11. The van der Waals surface area contributed by atoms with E-state index < -0.39 is 23.3 Å². The lowest BCUT2D eigenvalue weighted by Gasteiger charge is -2.28. The van der Waals surface area contributed by atoms with Crippen LogP contribution < -0.4 is 10.2 Å². The molecule has 6 nitrogen and oxygen atoms in total. The van der Waals surface area contributed by atoms with Gasteiger partial charge in [0, 0.05) is 30.9 Å². The van der Waals surface area contributed by atoms with Crippen molar-refractivity contribution in [2.75, 3.05) is 18.0 Å². The van der Waals surface area contributed by atoms with Gasteiger partial charge in [0.15, 0.2) is 6.29 Å². The second-order valence-corrected chi connectivity index (χ2v) is 7.02. The molecule has 0 unspecified atom stereocenters. The van der Waals surface area contributed by atoms with Gasteiger partial charge in [0.05, 0.1) is 16.8 Å². The zero-order valence-electron chi connectivity index (χ0n) is 14.3. The van der Waals surface area contributed by atoms with Gasteiger partial charge in [-0.1, -0.05) is 11.6 Å². The van der Waals surface area contributed by atoms with Gasteiger partial charge < -0.3 is 15.3 Å². The van der Waals surface area contributed by atoms with Gasteiger partial charge in [-0.15, -0.1) is 0 Å². The first kappa shape index (κ1) is 19.0. The normalized spacial score (nSPS) is 19.2. The number of benzene rings is 1. The number of nitrogens with zero attached hydrogens (tertiary/aromatic N) is 2. The van der Waals surface area contributed by atoms with E-state index in [-0.39, 0.29) is 28.4 Å². The quantitative estimate of drug-likeness (QED) is 0.609. The summed E-state index contributed by atoms with van der Waals surface area (Å²) < 4.78 is 27.5. The first-order valence-corrected chi connectivity index (χ1v) is 8.46. The molecule has 0 aliphatic carbocycles. The van der Waals surface area contributed by atoms with Crippen LogP contribution in [-0.2, 0) is 0 Å². The lowest BCUT2D eigenvalue weighted by Crippen LogP contribution is -2.47. The van der Waals surface area contributed by atoms with E-state index in [1.54, 1.807) is 11.8 Å². The number of amides is 1. The molecule has 1 amide bonds. The molecular formula is C18H16ClF2N3O3. The lowest BCUT2D eigenvalue weighted by molar-refractivity contribution is 0.112. The highest BCUT2D eigenvalue weighted by Gasteiger charge is 2.37. The maximum atomic E-state index is 13.7. The molecule has 1 aliphatic rings. The van der Waals surface area contributed by atoms with Crippen molar-refractivity contribution in [3.8, 4) is 11.1 Å². The number of carboxylic acid groups (broad SMARTS) is 1. The number of pyridine rings is 1. The molecule has 2 aromatic rings. The van der Waals surface area contributed by atoms with E-state index in [9.17, 15) is 18.4 Å². The topological polar surface area (TPSA) is 82.5 Å². The van der Waals surface area contributed by atoms with Crippen molar-refractivity contribution in [3.05, 3.63) is 46.7 Å². The monoisotopic (exact) mass is 395 g/mol. The number of nitrogens with one attached hydrogen (secondary N) is 1. The molecule has 3 rings (SSSR count). The van der Waals surface area contributed by atoms with Gasteiger partial charge >= 0.3 is 6.09 Å². The summed E-state index contributed by atoms with van der Waals surface area (Å²) in [5.41, 5.74) is 0.180. The summed E-state index contributed by atoms with van der Waals surface area (Å²) in [5, 5.41) is 11.5. The first-order chi connectivity index (χ1) is 12.7. The third-order valence-corrected chi connectivity index (χ3v) is 4.80. The van der Waals surface area contributed by atoms with Crippen LogP contribution in [0.3, 0.4) is 0 Å². The van der Waals surface area contributed by atoms with Gasteiger partial charge in [-0.2, -0.15) is 0 Å². The Bertz CT molecular complexity index is 905. The van der Waals surface area contributed by atoms with E-state index in [0.717, 1.165) is 18.2 Å². The van der Waals surface area contributed by atoms with E-state index in [2.05, 4.69) is 10.3 Å². The summed E-state index contributed by atoms with van der Waals surface area (Å²) in [7, 11) is 0. The molecule has 1 aromatic carbocycles. The number of hydrogen-bond donors (Lipinski definition) is 2. The van der Waals surface area contributed by atoms with E-state index in [1.165, 1.54) is 6.20 Å². The highest BCUT2D eigenvalue weighted by Crippen LogP contribution is 2.41. The standard InChI is InChI=1S/C18H16ClF2N3O3/c1-18(23-17(26)27)2-3-24(9-18)15-11(8-25)7-22-16(19)14(15)10-4-12(20)6-13(21)5-10/h4-8,23H,2-3,9H2,1H3,(H,26,27)/t18-/m0/s1. The average Bonchev–Trinajstić information content (AvgIpc) is 2.94. The summed E-state index contributed by atoms with van der Waals surface area (Å²) in [4.78, 5) is 28.4. The number of carbonyl (C=O) groups is 2. The highest BCUT2D eigenvalue weighted by molar-refractivity contribution is 6.33. The number of hydrogen-bond acceptors (Lipinski definition) is 4. The number of anilines is 1. The van der Waals surface area contributed by atoms with Crippen LogP contribution in [-0.4, -0.2) is 41.1 Å². The molecule has 1 aromatic heterocycles. The van der Waals surface area contributed by atoms with Crippen LogP contribution in [0, 0.1) is 11.6 Å². The third kappa shape index (κ3) is 3.85. The number of aldehydes is 1. The number of carbonyl (C=O) groups excluding carboxylic acids is 1. The van der Waals surface area contributed by atoms with Crippen molar-refractivity contribution >= 4 is 29.7 Å². The molecule has 1 saturated heterocycles. The Morgan fingerprint density at radius 2 is 2.04 bits per heavy atom.